The van der Waals surface area contributed by atoms with Crippen molar-refractivity contribution in [2.75, 3.05) is 13.2 Å². The molecule has 1 N–H and O–H groups in total. The predicted octanol–water partition coefficient (Wildman–Crippen LogP) is 2.76. The summed E-state index contributed by atoms with van der Waals surface area (Å²) >= 11 is 0. The van der Waals surface area contributed by atoms with E-state index < -0.39 is 5.97 Å². The fourth-order valence-electron chi connectivity index (χ4n) is 1.43. The fourth-order valence-corrected chi connectivity index (χ4v) is 1.43. The molecule has 18 heavy (non-hydrogen) atoms. The third-order valence-electron chi connectivity index (χ3n) is 2.50. The number of nitrogens with one attached hydrogen (secondary N) is 1. The Morgan fingerprint density at radius 2 is 1.94 bits per heavy atom. The highest BCUT2D eigenvalue weighted by Gasteiger charge is 2.19. The highest BCUT2D eigenvalue weighted by molar-refractivity contribution is 5.89. The quantitative estimate of drug-likeness (QED) is 0.792. The standard InChI is InChI=1S/C14H20FNO2/c1-4-9-16-14(2,3)10-18-13(17)11-5-7-12(15)8-6-11/h5-8,16H,4,9-10H2,1-3H3. The van der Waals surface area contributed by atoms with Gasteiger partial charge in [-0.1, -0.05) is 6.92 Å². The van der Waals surface area contributed by atoms with Crippen LogP contribution in [0.15, 0.2) is 24.3 Å². The number of esters is 1. The van der Waals surface area contributed by atoms with Crippen LogP contribution in [0.4, 0.5) is 4.39 Å². The third-order valence-corrected chi connectivity index (χ3v) is 2.50. The number of ether oxygens (including phenoxy) is 1. The van der Waals surface area contributed by atoms with Crippen LogP contribution in [0.25, 0.3) is 0 Å². The molecular weight excluding hydrogens is 233 g/mol. The lowest BCUT2D eigenvalue weighted by atomic mass is 10.1. The summed E-state index contributed by atoms with van der Waals surface area (Å²) in [5, 5.41) is 3.29. The first-order valence-corrected chi connectivity index (χ1v) is 6.12. The van der Waals surface area contributed by atoms with Gasteiger partial charge in [0.2, 0.25) is 0 Å². The van der Waals surface area contributed by atoms with Crippen molar-refractivity contribution in [3.63, 3.8) is 0 Å². The molecule has 0 aromatic heterocycles. The molecule has 0 aliphatic heterocycles. The van der Waals surface area contributed by atoms with Gasteiger partial charge in [0, 0.05) is 5.54 Å². The van der Waals surface area contributed by atoms with E-state index in [-0.39, 0.29) is 18.0 Å². The van der Waals surface area contributed by atoms with Gasteiger partial charge in [-0.05, 0) is 51.1 Å². The van der Waals surface area contributed by atoms with Crippen LogP contribution in [0.5, 0.6) is 0 Å². The number of benzene rings is 1. The molecule has 0 spiro atoms. The summed E-state index contributed by atoms with van der Waals surface area (Å²) in [5.74, 6) is -0.794. The Bertz CT molecular complexity index is 387. The molecule has 0 heterocycles. The molecule has 0 bridgehead atoms. The van der Waals surface area contributed by atoms with Gasteiger partial charge >= 0.3 is 5.97 Å². The average molecular weight is 253 g/mol. The van der Waals surface area contributed by atoms with Crippen molar-refractivity contribution in [3.05, 3.63) is 35.6 Å². The largest absolute Gasteiger partial charge is 0.460 e. The second-order valence-electron chi connectivity index (χ2n) is 4.89. The van der Waals surface area contributed by atoms with Crippen LogP contribution in [0.1, 0.15) is 37.6 Å². The molecule has 1 rings (SSSR count). The van der Waals surface area contributed by atoms with E-state index in [1.165, 1.54) is 24.3 Å². The molecule has 0 unspecified atom stereocenters. The van der Waals surface area contributed by atoms with E-state index in [2.05, 4.69) is 12.2 Å². The second kappa shape index (κ2) is 6.50. The van der Waals surface area contributed by atoms with Crippen LogP contribution < -0.4 is 5.32 Å². The Hall–Kier alpha value is -1.42. The van der Waals surface area contributed by atoms with Crippen LogP contribution in [0, 0.1) is 5.82 Å². The summed E-state index contributed by atoms with van der Waals surface area (Å²) in [6.45, 7) is 7.18. The van der Waals surface area contributed by atoms with Crippen molar-refractivity contribution in [1.29, 1.82) is 0 Å². The van der Waals surface area contributed by atoms with E-state index in [1.54, 1.807) is 0 Å². The molecule has 0 saturated heterocycles. The fraction of sp³-hybridized carbons (Fsp3) is 0.500. The zero-order chi connectivity index (χ0) is 13.6. The number of carbonyl (C=O) groups excluding carboxylic acids is 1. The number of carbonyl (C=O) groups is 1. The first kappa shape index (κ1) is 14.6. The lowest BCUT2D eigenvalue weighted by molar-refractivity contribution is 0.0401. The van der Waals surface area contributed by atoms with Crippen molar-refractivity contribution >= 4 is 5.97 Å². The van der Waals surface area contributed by atoms with Gasteiger partial charge in [0.15, 0.2) is 0 Å². The molecule has 0 saturated carbocycles. The Kier molecular flexibility index (Phi) is 5.28. The Balaban J connectivity index is 2.48. The van der Waals surface area contributed by atoms with Gasteiger partial charge in [-0.25, -0.2) is 9.18 Å². The van der Waals surface area contributed by atoms with Crippen LogP contribution in [0.2, 0.25) is 0 Å². The summed E-state index contributed by atoms with van der Waals surface area (Å²) in [6, 6.07) is 5.34. The molecule has 0 radical (unpaired) electrons. The van der Waals surface area contributed by atoms with E-state index in [0.29, 0.717) is 5.56 Å². The van der Waals surface area contributed by atoms with Crippen LogP contribution in [-0.2, 0) is 4.74 Å². The van der Waals surface area contributed by atoms with Crippen molar-refractivity contribution < 1.29 is 13.9 Å². The molecule has 0 fully saturated rings. The van der Waals surface area contributed by atoms with Crippen molar-refractivity contribution in [2.45, 2.75) is 32.7 Å². The average Bonchev–Trinajstić information content (AvgIpc) is 2.35. The Morgan fingerprint density at radius 3 is 2.50 bits per heavy atom. The molecule has 4 heteroatoms. The number of halogens is 1. The molecule has 3 nitrogen and oxygen atoms in total. The molecule has 1 aromatic carbocycles. The zero-order valence-corrected chi connectivity index (χ0v) is 11.1. The maximum atomic E-state index is 12.7. The Labute approximate surface area is 107 Å². The van der Waals surface area contributed by atoms with Gasteiger partial charge in [0.25, 0.3) is 0 Å². The molecule has 0 amide bonds. The zero-order valence-electron chi connectivity index (χ0n) is 11.1. The van der Waals surface area contributed by atoms with E-state index in [0.717, 1.165) is 13.0 Å². The highest BCUT2D eigenvalue weighted by Crippen LogP contribution is 2.08. The summed E-state index contributed by atoms with van der Waals surface area (Å²) in [5.41, 5.74) is 0.105. The van der Waals surface area contributed by atoms with Gasteiger partial charge in [0.1, 0.15) is 12.4 Å². The summed E-state index contributed by atoms with van der Waals surface area (Å²) < 4.78 is 17.9. The first-order chi connectivity index (χ1) is 8.44. The molecule has 0 aliphatic rings. The number of rotatable bonds is 6. The summed E-state index contributed by atoms with van der Waals surface area (Å²) in [7, 11) is 0. The third kappa shape index (κ3) is 4.84. The monoisotopic (exact) mass is 253 g/mol. The van der Waals surface area contributed by atoms with Gasteiger partial charge < -0.3 is 10.1 Å². The summed E-state index contributed by atoms with van der Waals surface area (Å²) in [6.07, 6.45) is 1.02. The topological polar surface area (TPSA) is 38.3 Å². The minimum Gasteiger partial charge on any atom is -0.460 e. The van der Waals surface area contributed by atoms with E-state index in [4.69, 9.17) is 4.74 Å². The SMILES string of the molecule is CCCNC(C)(C)COC(=O)c1ccc(F)cc1. The summed E-state index contributed by atoms with van der Waals surface area (Å²) in [4.78, 5) is 11.7. The van der Waals surface area contributed by atoms with Crippen LogP contribution >= 0.6 is 0 Å². The minimum absolute atomic E-state index is 0.258. The maximum absolute atomic E-state index is 12.7. The normalized spacial score (nSPS) is 11.3. The van der Waals surface area contributed by atoms with E-state index in [9.17, 15) is 9.18 Å². The van der Waals surface area contributed by atoms with Gasteiger partial charge in [-0.3, -0.25) is 0 Å². The van der Waals surface area contributed by atoms with Gasteiger partial charge in [0.05, 0.1) is 5.56 Å². The molecule has 1 aromatic rings. The number of hydrogen-bond donors (Lipinski definition) is 1. The number of hydrogen-bond acceptors (Lipinski definition) is 3. The Morgan fingerprint density at radius 1 is 1.33 bits per heavy atom. The lowest BCUT2D eigenvalue weighted by Crippen LogP contribution is -2.44. The highest BCUT2D eigenvalue weighted by atomic mass is 19.1. The van der Waals surface area contributed by atoms with Crippen LogP contribution in [0.3, 0.4) is 0 Å². The second-order valence-corrected chi connectivity index (χ2v) is 4.89. The first-order valence-electron chi connectivity index (χ1n) is 6.12. The maximum Gasteiger partial charge on any atom is 0.338 e. The smallest absolute Gasteiger partial charge is 0.338 e. The van der Waals surface area contributed by atoms with Crippen molar-refractivity contribution in [1.82, 2.24) is 5.32 Å². The molecule has 0 atom stereocenters. The van der Waals surface area contributed by atoms with E-state index in [1.807, 2.05) is 13.8 Å². The minimum atomic E-state index is -0.429. The predicted molar refractivity (Wildman–Crippen MR) is 69.1 cm³/mol. The van der Waals surface area contributed by atoms with E-state index >= 15 is 0 Å². The van der Waals surface area contributed by atoms with Crippen molar-refractivity contribution in [3.8, 4) is 0 Å². The molecular formula is C14H20FNO2. The lowest BCUT2D eigenvalue weighted by Gasteiger charge is -2.25. The van der Waals surface area contributed by atoms with Crippen molar-refractivity contribution in [2.24, 2.45) is 0 Å². The van der Waals surface area contributed by atoms with Gasteiger partial charge in [-0.15, -0.1) is 0 Å². The molecule has 100 valence electrons. The van der Waals surface area contributed by atoms with Gasteiger partial charge in [-0.2, -0.15) is 0 Å². The van der Waals surface area contributed by atoms with Crippen LogP contribution in [-0.4, -0.2) is 24.7 Å². The molecule has 0 aliphatic carbocycles.